The monoisotopic (exact) mass is 427 g/mol. The molecule has 0 fully saturated rings. The first-order valence-corrected chi connectivity index (χ1v) is 17.6. The third-order valence-corrected chi connectivity index (χ3v) is 11.0. The fourth-order valence-electron chi connectivity index (χ4n) is 1.64. The molecule has 0 aromatic heterocycles. The Labute approximate surface area is 154 Å². The molecule has 0 aliphatic heterocycles. The summed E-state index contributed by atoms with van der Waals surface area (Å²) in [7, 11) is -3.51. The molecule has 0 bridgehead atoms. The Hall–Kier alpha value is 0.764. The maximum atomic E-state index is 10.5. The van der Waals surface area contributed by atoms with Crippen molar-refractivity contribution >= 4 is 42.4 Å². The largest absolute Gasteiger partial charge is 0.529 e. The van der Waals surface area contributed by atoms with Crippen LogP contribution in [-0.4, -0.2) is 42.4 Å². The number of unbranched alkanes of at least 4 members (excludes halogenated alkanes) is 2. The molecule has 0 spiro atoms. The van der Waals surface area contributed by atoms with E-state index in [2.05, 4.69) is 57.2 Å². The Morgan fingerprint density at radius 3 is 1.68 bits per heavy atom. The van der Waals surface area contributed by atoms with E-state index in [0.29, 0.717) is 16.9 Å². The van der Waals surface area contributed by atoms with E-state index in [1.807, 2.05) is 0 Å². The van der Waals surface area contributed by atoms with E-state index in [1.165, 1.54) is 0 Å². The Morgan fingerprint density at radius 2 is 1.41 bits per heavy atom. The first-order valence-electron chi connectivity index (χ1n) is 7.83. The summed E-state index contributed by atoms with van der Waals surface area (Å²) in [6.45, 7) is 17.5. The molecule has 1 radical (unpaired) electrons. The van der Waals surface area contributed by atoms with E-state index in [4.69, 9.17) is 8.23 Å². The zero-order chi connectivity index (χ0) is 17.1. The van der Waals surface area contributed by atoms with Crippen molar-refractivity contribution in [1.82, 2.24) is 0 Å². The van der Waals surface area contributed by atoms with Gasteiger partial charge in [-0.3, -0.25) is 4.79 Å². The summed E-state index contributed by atoms with van der Waals surface area (Å²) >= 11 is 0. The quantitative estimate of drug-likeness (QED) is 0.441. The van der Waals surface area contributed by atoms with Crippen LogP contribution in [0.25, 0.3) is 0 Å². The predicted octanol–water partition coefficient (Wildman–Crippen LogP) is 2.93. The molecule has 0 aromatic carbocycles. The molecule has 0 N–H and O–H groups in total. The van der Waals surface area contributed by atoms with Crippen molar-refractivity contribution < 1.29 is 34.2 Å². The summed E-state index contributed by atoms with van der Waals surface area (Å²) < 4.78 is 16.4. The van der Waals surface area contributed by atoms with Gasteiger partial charge in [0.25, 0.3) is 15.3 Å². The molecule has 0 unspecified atom stereocenters. The molecule has 9 heteroatoms. The molecular formula is C13H36CoO4Si4. The van der Waals surface area contributed by atoms with Gasteiger partial charge in [-0.1, -0.05) is 19.8 Å². The van der Waals surface area contributed by atoms with Gasteiger partial charge in [0.1, 0.15) is 0 Å². The minimum atomic E-state index is -1.36. The molecule has 22 heavy (non-hydrogen) atoms. The van der Waals surface area contributed by atoms with Crippen molar-refractivity contribution in [2.75, 3.05) is 0 Å². The standard InChI is InChI=1S/C7H22O2Si3.C6H14O2Si.Co/c1-10(8-11(2,3)4)9-12(5,6)7;1-2-3-4-5-6(7)8-9;/h10H,1-7H3;2-5H2,1,9H3;. The minimum Gasteiger partial charge on any atom is -0.529 e. The molecule has 0 amide bonds. The van der Waals surface area contributed by atoms with E-state index < -0.39 is 25.9 Å². The van der Waals surface area contributed by atoms with Crippen molar-refractivity contribution in [2.45, 2.75) is 78.4 Å². The fourth-order valence-corrected chi connectivity index (χ4v) is 10.4. The second-order valence-electron chi connectivity index (χ2n) is 7.06. The van der Waals surface area contributed by atoms with E-state index >= 15 is 0 Å². The van der Waals surface area contributed by atoms with Crippen LogP contribution in [0.3, 0.4) is 0 Å². The van der Waals surface area contributed by atoms with Crippen LogP contribution in [-0.2, 0) is 34.2 Å². The molecule has 0 aliphatic carbocycles. The SMILES string of the molecule is CCCCCC(=O)O[SiH3].C[SiH](O[Si](C)(C)C)O[Si](C)(C)C.[Co]. The van der Waals surface area contributed by atoms with Crippen LogP contribution in [0.2, 0.25) is 45.8 Å². The van der Waals surface area contributed by atoms with Gasteiger partial charge in [0.15, 0.2) is 16.6 Å². The van der Waals surface area contributed by atoms with Gasteiger partial charge in [0, 0.05) is 23.2 Å². The Balaban J connectivity index is -0.000000326. The second-order valence-corrected chi connectivity index (χ2v) is 18.9. The summed E-state index contributed by atoms with van der Waals surface area (Å²) in [5, 5.41) is 0. The zero-order valence-corrected chi connectivity index (χ0v) is 22.1. The Morgan fingerprint density at radius 1 is 1.00 bits per heavy atom. The summed E-state index contributed by atoms with van der Waals surface area (Å²) in [6, 6.07) is 0. The van der Waals surface area contributed by atoms with Gasteiger partial charge in [-0.05, 0) is 52.2 Å². The number of carbonyl (C=O) groups excluding carboxylic acids is 1. The van der Waals surface area contributed by atoms with Crippen LogP contribution in [0.5, 0.6) is 0 Å². The van der Waals surface area contributed by atoms with Crippen LogP contribution < -0.4 is 0 Å². The van der Waals surface area contributed by atoms with Crippen molar-refractivity contribution in [1.29, 1.82) is 0 Å². The molecule has 0 rings (SSSR count). The van der Waals surface area contributed by atoms with E-state index in [1.54, 1.807) is 0 Å². The molecular weight excluding hydrogens is 391 g/mol. The van der Waals surface area contributed by atoms with Crippen LogP contribution >= 0.6 is 0 Å². The summed E-state index contributed by atoms with van der Waals surface area (Å²) in [6.07, 6.45) is 3.89. The van der Waals surface area contributed by atoms with E-state index in [-0.39, 0.29) is 22.7 Å². The molecule has 4 nitrogen and oxygen atoms in total. The third-order valence-electron chi connectivity index (χ3n) is 2.25. The predicted molar refractivity (Wildman–Crippen MR) is 102 cm³/mol. The molecule has 0 saturated heterocycles. The van der Waals surface area contributed by atoms with Gasteiger partial charge in [0.2, 0.25) is 10.5 Å². The summed E-state index contributed by atoms with van der Waals surface area (Å²) in [5.74, 6) is -0.0323. The van der Waals surface area contributed by atoms with Gasteiger partial charge in [-0.25, -0.2) is 0 Å². The van der Waals surface area contributed by atoms with Crippen molar-refractivity contribution in [3.63, 3.8) is 0 Å². The van der Waals surface area contributed by atoms with E-state index in [0.717, 1.165) is 19.3 Å². The van der Waals surface area contributed by atoms with Crippen LogP contribution in [0.4, 0.5) is 0 Å². The average Bonchev–Trinajstić information content (AvgIpc) is 2.24. The number of hydrogen-bond acceptors (Lipinski definition) is 4. The Kier molecular flexibility index (Phi) is 17.7. The third kappa shape index (κ3) is 25.7. The molecule has 137 valence electrons. The first kappa shape index (κ1) is 27.6. The topological polar surface area (TPSA) is 44.8 Å². The van der Waals surface area contributed by atoms with E-state index in [9.17, 15) is 4.79 Å². The molecule has 0 aliphatic rings. The van der Waals surface area contributed by atoms with Crippen LogP contribution in [0.15, 0.2) is 0 Å². The van der Waals surface area contributed by atoms with Crippen LogP contribution in [0.1, 0.15) is 32.6 Å². The molecule has 0 saturated carbocycles. The second kappa shape index (κ2) is 14.1. The zero-order valence-electron chi connectivity index (χ0n) is 15.9. The van der Waals surface area contributed by atoms with Gasteiger partial charge < -0.3 is 12.7 Å². The summed E-state index contributed by atoms with van der Waals surface area (Å²) in [4.78, 5) is 10.5. The molecule has 0 aromatic rings. The smallest absolute Gasteiger partial charge is 0.297 e. The van der Waals surface area contributed by atoms with Gasteiger partial charge in [-0.2, -0.15) is 0 Å². The number of rotatable bonds is 8. The minimum absolute atomic E-state index is 0. The van der Waals surface area contributed by atoms with Gasteiger partial charge in [-0.15, -0.1) is 0 Å². The van der Waals surface area contributed by atoms with Crippen molar-refractivity contribution in [3.05, 3.63) is 0 Å². The maximum absolute atomic E-state index is 10.5. The molecule has 0 heterocycles. The number of hydrogen-bond donors (Lipinski definition) is 0. The average molecular weight is 428 g/mol. The van der Waals surface area contributed by atoms with Gasteiger partial charge >= 0.3 is 0 Å². The maximum Gasteiger partial charge on any atom is 0.297 e. The summed E-state index contributed by atoms with van der Waals surface area (Å²) in [5.41, 5.74) is 0. The number of carbonyl (C=O) groups is 1. The van der Waals surface area contributed by atoms with Crippen molar-refractivity contribution in [3.8, 4) is 0 Å². The molecule has 0 atom stereocenters. The van der Waals surface area contributed by atoms with Crippen molar-refractivity contribution in [2.24, 2.45) is 0 Å². The Bertz CT molecular complexity index is 264. The first-order chi connectivity index (χ1) is 9.41. The fraction of sp³-hybridized carbons (Fsp3) is 0.923. The van der Waals surface area contributed by atoms with Crippen LogP contribution in [0, 0.1) is 0 Å². The normalized spacial score (nSPS) is 11.5. The van der Waals surface area contributed by atoms with Gasteiger partial charge in [0.05, 0.1) is 0 Å².